The molecule has 6 rings (SSSR count). The molecule has 0 N–H and O–H groups in total. The number of para-hydroxylation sites is 1. The summed E-state index contributed by atoms with van der Waals surface area (Å²) in [5, 5.41) is 7.18. The van der Waals surface area contributed by atoms with Crippen molar-refractivity contribution < 1.29 is 9.15 Å². The lowest BCUT2D eigenvalue weighted by atomic mass is 10.2. The molecule has 204 valence electrons. The Balaban J connectivity index is 1.37. The van der Waals surface area contributed by atoms with Gasteiger partial charge >= 0.3 is 0 Å². The number of ether oxygens (including phenoxy) is 1. The number of hydrogen-bond donors (Lipinski definition) is 0. The fourth-order valence-corrected chi connectivity index (χ4v) is 6.05. The van der Waals surface area contributed by atoms with Crippen molar-refractivity contribution in [2.75, 3.05) is 0 Å². The molecule has 0 fully saturated rings. The summed E-state index contributed by atoms with van der Waals surface area (Å²) in [6.45, 7) is 0.192. The molecule has 0 bridgehead atoms. The van der Waals surface area contributed by atoms with Crippen molar-refractivity contribution in [3.05, 3.63) is 124 Å². The minimum Gasteiger partial charge on any atom is -0.486 e. The number of furan rings is 1. The van der Waals surface area contributed by atoms with Crippen LogP contribution in [-0.4, -0.2) is 15.9 Å². The van der Waals surface area contributed by atoms with Crippen LogP contribution in [-0.2, 0) is 6.61 Å². The van der Waals surface area contributed by atoms with Gasteiger partial charge in [-0.15, -0.1) is 0 Å². The van der Waals surface area contributed by atoms with Gasteiger partial charge in [-0.2, -0.15) is 9.78 Å². The van der Waals surface area contributed by atoms with Gasteiger partial charge in [-0.3, -0.25) is 4.79 Å². The average molecular weight is 733 g/mol. The quantitative estimate of drug-likeness (QED) is 0.160. The molecule has 0 unspecified atom stereocenters. The molecule has 0 aliphatic heterocycles. The van der Waals surface area contributed by atoms with Crippen molar-refractivity contribution in [3.8, 4) is 17.3 Å². The predicted molar refractivity (Wildman–Crippen MR) is 172 cm³/mol. The molecule has 0 saturated carbocycles. The summed E-state index contributed by atoms with van der Waals surface area (Å²) in [6, 6.07) is 23.2. The van der Waals surface area contributed by atoms with Gasteiger partial charge in [0.05, 0.1) is 26.6 Å². The zero-order chi connectivity index (χ0) is 28.7. The van der Waals surface area contributed by atoms with E-state index < -0.39 is 0 Å². The number of fused-ring (bicyclic) bond motifs is 2. The van der Waals surface area contributed by atoms with Crippen molar-refractivity contribution in [1.82, 2.24) is 9.66 Å². The Hall–Kier alpha value is -3.14. The third kappa shape index (κ3) is 5.80. The van der Waals surface area contributed by atoms with Crippen LogP contribution in [0.5, 0.6) is 5.75 Å². The van der Waals surface area contributed by atoms with Crippen molar-refractivity contribution in [2.45, 2.75) is 6.61 Å². The van der Waals surface area contributed by atoms with Gasteiger partial charge in [0.1, 0.15) is 12.2 Å². The smallest absolute Gasteiger partial charge is 0.282 e. The van der Waals surface area contributed by atoms with E-state index in [0.717, 1.165) is 15.4 Å². The Morgan fingerprint density at radius 3 is 2.59 bits per heavy atom. The molecule has 0 radical (unpaired) electrons. The van der Waals surface area contributed by atoms with E-state index in [0.29, 0.717) is 53.1 Å². The Morgan fingerprint density at radius 2 is 1.78 bits per heavy atom. The summed E-state index contributed by atoms with van der Waals surface area (Å²) in [7, 11) is 0. The number of benzene rings is 4. The summed E-state index contributed by atoms with van der Waals surface area (Å²) < 4.78 is 14.7. The van der Waals surface area contributed by atoms with Crippen molar-refractivity contribution in [3.63, 3.8) is 0 Å². The Kier molecular flexibility index (Phi) is 7.94. The van der Waals surface area contributed by atoms with Crippen LogP contribution in [0.4, 0.5) is 0 Å². The Morgan fingerprint density at radius 1 is 0.951 bits per heavy atom. The largest absolute Gasteiger partial charge is 0.486 e. The van der Waals surface area contributed by atoms with E-state index in [-0.39, 0.29) is 18.0 Å². The lowest BCUT2D eigenvalue weighted by Gasteiger charge is -2.12. The minimum atomic E-state index is -0.339. The normalized spacial score (nSPS) is 11.6. The lowest BCUT2D eigenvalue weighted by Crippen LogP contribution is -2.20. The molecule has 2 heterocycles. The van der Waals surface area contributed by atoms with Gasteiger partial charge < -0.3 is 9.15 Å². The summed E-state index contributed by atoms with van der Waals surface area (Å²) in [4.78, 5) is 18.3. The van der Waals surface area contributed by atoms with Gasteiger partial charge in [-0.25, -0.2) is 4.98 Å². The first-order valence-electron chi connectivity index (χ1n) is 12.1. The van der Waals surface area contributed by atoms with Crippen molar-refractivity contribution in [2.24, 2.45) is 5.10 Å². The van der Waals surface area contributed by atoms with Crippen molar-refractivity contribution in [1.29, 1.82) is 0 Å². The van der Waals surface area contributed by atoms with Gasteiger partial charge in [0.2, 0.25) is 5.82 Å². The van der Waals surface area contributed by atoms with Crippen LogP contribution in [0, 0.1) is 0 Å². The summed E-state index contributed by atoms with van der Waals surface area (Å²) >= 11 is 25.8. The number of aromatic nitrogens is 2. The molecule has 0 aliphatic carbocycles. The highest BCUT2D eigenvalue weighted by Crippen LogP contribution is 2.35. The Labute approximate surface area is 265 Å². The van der Waals surface area contributed by atoms with E-state index in [2.05, 4.69) is 37.0 Å². The van der Waals surface area contributed by atoms with Crippen LogP contribution in [0.15, 0.2) is 102 Å². The van der Waals surface area contributed by atoms with E-state index in [1.54, 1.807) is 48.5 Å². The molecule has 0 aliphatic rings. The maximum atomic E-state index is 13.6. The van der Waals surface area contributed by atoms with Crippen molar-refractivity contribution >= 4 is 94.7 Å². The standard InChI is InChI=1S/C30H16Br2Cl3N3O3/c31-19-6-8-26-18(11-19)12-27(41-26)29-37-25-4-2-1-3-21(25)30(39)38(29)36-14-16-9-22(32)28(24(35)10-16)40-15-17-5-7-20(33)13-23(17)34/h1-14H,15H2. The van der Waals surface area contributed by atoms with Crippen LogP contribution in [0.3, 0.4) is 0 Å². The highest BCUT2D eigenvalue weighted by Gasteiger charge is 2.17. The molecular formula is C30H16Br2Cl3N3O3. The van der Waals surface area contributed by atoms with Gasteiger partial charge in [-0.1, -0.05) is 68.9 Å². The molecule has 6 nitrogen and oxygen atoms in total. The first-order chi connectivity index (χ1) is 19.8. The van der Waals surface area contributed by atoms with Crippen LogP contribution in [0.2, 0.25) is 15.1 Å². The molecule has 0 atom stereocenters. The minimum absolute atomic E-state index is 0.192. The molecule has 11 heteroatoms. The molecule has 41 heavy (non-hydrogen) atoms. The number of hydrogen-bond acceptors (Lipinski definition) is 5. The summed E-state index contributed by atoms with van der Waals surface area (Å²) in [5.74, 6) is 1.11. The molecule has 0 saturated heterocycles. The monoisotopic (exact) mass is 729 g/mol. The second kappa shape index (κ2) is 11.6. The van der Waals surface area contributed by atoms with Gasteiger partial charge in [0.25, 0.3) is 5.56 Å². The third-order valence-corrected chi connectivity index (χ3v) is 8.13. The highest BCUT2D eigenvalue weighted by molar-refractivity contribution is 9.10. The number of rotatable bonds is 6. The van der Waals surface area contributed by atoms with E-state index in [4.69, 9.17) is 48.9 Å². The SMILES string of the molecule is O=c1c2ccccc2nc(-c2cc3cc(Br)ccc3o2)n1N=Cc1cc(Cl)c(OCc2ccc(Cl)cc2Cl)c(Br)c1. The average Bonchev–Trinajstić information content (AvgIpc) is 3.36. The van der Waals surface area contributed by atoms with E-state index >= 15 is 0 Å². The number of halogens is 5. The second-order valence-electron chi connectivity index (χ2n) is 8.94. The fraction of sp³-hybridized carbons (Fsp3) is 0.0333. The lowest BCUT2D eigenvalue weighted by molar-refractivity contribution is 0.304. The Bertz CT molecular complexity index is 2030. The van der Waals surface area contributed by atoms with Crippen LogP contribution in [0.1, 0.15) is 11.1 Å². The molecule has 6 aromatic rings. The topological polar surface area (TPSA) is 69.6 Å². The van der Waals surface area contributed by atoms with Crippen LogP contribution in [0.25, 0.3) is 33.5 Å². The molecule has 4 aromatic carbocycles. The maximum absolute atomic E-state index is 13.6. The third-order valence-electron chi connectivity index (χ3n) is 6.18. The first-order valence-corrected chi connectivity index (χ1v) is 14.8. The summed E-state index contributed by atoms with van der Waals surface area (Å²) in [6.07, 6.45) is 1.52. The van der Waals surface area contributed by atoms with Gasteiger partial charge in [0, 0.05) is 25.5 Å². The molecule has 2 aromatic heterocycles. The molecular weight excluding hydrogens is 717 g/mol. The number of nitrogens with zero attached hydrogens (tertiary/aromatic N) is 3. The highest BCUT2D eigenvalue weighted by atomic mass is 79.9. The van der Waals surface area contributed by atoms with Crippen LogP contribution >= 0.6 is 66.7 Å². The predicted octanol–water partition coefficient (Wildman–Crippen LogP) is 9.76. The molecule has 0 spiro atoms. The summed E-state index contributed by atoms with van der Waals surface area (Å²) in [5.41, 5.74) is 2.24. The van der Waals surface area contributed by atoms with Gasteiger partial charge in [-0.05, 0) is 82.2 Å². The maximum Gasteiger partial charge on any atom is 0.282 e. The molecule has 0 amide bonds. The second-order valence-corrected chi connectivity index (χ2v) is 12.0. The van der Waals surface area contributed by atoms with E-state index in [1.807, 2.05) is 30.3 Å². The first kappa shape index (κ1) is 28.0. The zero-order valence-electron chi connectivity index (χ0n) is 20.7. The van der Waals surface area contributed by atoms with E-state index in [1.165, 1.54) is 10.9 Å². The van der Waals surface area contributed by atoms with E-state index in [9.17, 15) is 4.79 Å². The van der Waals surface area contributed by atoms with Crippen LogP contribution < -0.4 is 10.3 Å². The zero-order valence-corrected chi connectivity index (χ0v) is 26.2. The fourth-order valence-electron chi connectivity index (χ4n) is 4.22. The van der Waals surface area contributed by atoms with Gasteiger partial charge in [0.15, 0.2) is 11.5 Å².